The third kappa shape index (κ3) is 6.81. The van der Waals surface area contributed by atoms with Gasteiger partial charge in [0.25, 0.3) is 0 Å². The van der Waals surface area contributed by atoms with Gasteiger partial charge in [0.15, 0.2) is 5.96 Å². The van der Waals surface area contributed by atoms with E-state index < -0.39 is 0 Å². The SMILES string of the molecule is CCCCOCCCNC(=NC)N1CCC(C)CC1. The topological polar surface area (TPSA) is 36.9 Å². The van der Waals surface area contributed by atoms with Crippen LogP contribution in [0.5, 0.6) is 0 Å². The van der Waals surface area contributed by atoms with Gasteiger partial charge in [-0.05, 0) is 31.6 Å². The number of unbranched alkanes of at least 4 members (excludes halogenated alkanes) is 1. The number of ether oxygens (including phenoxy) is 1. The number of piperidine rings is 1. The molecule has 0 saturated carbocycles. The molecule has 1 fully saturated rings. The largest absolute Gasteiger partial charge is 0.381 e. The molecule has 1 rings (SSSR count). The van der Waals surface area contributed by atoms with E-state index >= 15 is 0 Å². The van der Waals surface area contributed by atoms with Crippen molar-refractivity contribution in [2.24, 2.45) is 10.9 Å². The van der Waals surface area contributed by atoms with Crippen molar-refractivity contribution in [3.05, 3.63) is 0 Å². The maximum atomic E-state index is 5.56. The summed E-state index contributed by atoms with van der Waals surface area (Å²) in [6.07, 6.45) is 5.98. The fourth-order valence-electron chi connectivity index (χ4n) is 2.28. The smallest absolute Gasteiger partial charge is 0.193 e. The van der Waals surface area contributed by atoms with Crippen LogP contribution in [0.3, 0.4) is 0 Å². The van der Waals surface area contributed by atoms with E-state index in [2.05, 4.69) is 29.1 Å². The average Bonchev–Trinajstić information content (AvgIpc) is 2.43. The zero-order valence-electron chi connectivity index (χ0n) is 13.0. The summed E-state index contributed by atoms with van der Waals surface area (Å²) < 4.78 is 5.56. The first kappa shape index (κ1) is 16.3. The van der Waals surface area contributed by atoms with Gasteiger partial charge >= 0.3 is 0 Å². The summed E-state index contributed by atoms with van der Waals surface area (Å²) in [6, 6.07) is 0. The van der Waals surface area contributed by atoms with Gasteiger partial charge in [0.1, 0.15) is 0 Å². The van der Waals surface area contributed by atoms with Crippen molar-refractivity contribution in [2.75, 3.05) is 39.9 Å². The minimum absolute atomic E-state index is 0.848. The number of aliphatic imine (C=N–C) groups is 1. The first-order valence-electron chi connectivity index (χ1n) is 7.81. The highest BCUT2D eigenvalue weighted by Gasteiger charge is 2.17. The van der Waals surface area contributed by atoms with Crippen molar-refractivity contribution in [2.45, 2.75) is 46.0 Å². The van der Waals surface area contributed by atoms with Gasteiger partial charge in [0, 0.05) is 39.9 Å². The van der Waals surface area contributed by atoms with Crippen LogP contribution in [0, 0.1) is 5.92 Å². The first-order valence-corrected chi connectivity index (χ1v) is 7.81. The molecule has 4 nitrogen and oxygen atoms in total. The van der Waals surface area contributed by atoms with Gasteiger partial charge in [0.2, 0.25) is 0 Å². The molecule has 0 spiro atoms. The molecular weight excluding hydrogens is 238 g/mol. The number of nitrogens with one attached hydrogen (secondary N) is 1. The molecule has 0 aromatic carbocycles. The van der Waals surface area contributed by atoms with Gasteiger partial charge in [-0.1, -0.05) is 20.3 Å². The summed E-state index contributed by atoms with van der Waals surface area (Å²) in [5.41, 5.74) is 0. The molecule has 1 saturated heterocycles. The number of guanidine groups is 1. The van der Waals surface area contributed by atoms with Crippen LogP contribution in [0.1, 0.15) is 46.0 Å². The van der Waals surface area contributed by atoms with Crippen molar-refractivity contribution < 1.29 is 4.74 Å². The Morgan fingerprint density at radius 2 is 1.95 bits per heavy atom. The third-order valence-corrected chi connectivity index (χ3v) is 3.69. The second-order valence-electron chi connectivity index (χ2n) is 5.46. The fraction of sp³-hybridized carbons (Fsp3) is 0.933. The quantitative estimate of drug-likeness (QED) is 0.438. The lowest BCUT2D eigenvalue weighted by Crippen LogP contribution is -2.45. The van der Waals surface area contributed by atoms with Crippen molar-refractivity contribution in [3.8, 4) is 0 Å². The molecule has 0 aromatic rings. The third-order valence-electron chi connectivity index (χ3n) is 3.69. The van der Waals surface area contributed by atoms with Crippen LogP contribution in [-0.2, 0) is 4.74 Å². The van der Waals surface area contributed by atoms with Crippen molar-refractivity contribution in [3.63, 3.8) is 0 Å². The minimum Gasteiger partial charge on any atom is -0.381 e. The van der Waals surface area contributed by atoms with Gasteiger partial charge in [-0.3, -0.25) is 4.99 Å². The Labute approximate surface area is 118 Å². The summed E-state index contributed by atoms with van der Waals surface area (Å²) in [5.74, 6) is 1.92. The van der Waals surface area contributed by atoms with E-state index in [1.807, 2.05) is 7.05 Å². The molecule has 0 bridgehead atoms. The van der Waals surface area contributed by atoms with E-state index in [0.29, 0.717) is 0 Å². The van der Waals surface area contributed by atoms with Crippen LogP contribution in [0.2, 0.25) is 0 Å². The Balaban J connectivity index is 2.09. The van der Waals surface area contributed by atoms with E-state index in [1.165, 1.54) is 25.7 Å². The molecule has 112 valence electrons. The van der Waals surface area contributed by atoms with Crippen LogP contribution in [0.25, 0.3) is 0 Å². The highest BCUT2D eigenvalue weighted by molar-refractivity contribution is 5.79. The summed E-state index contributed by atoms with van der Waals surface area (Å²) in [7, 11) is 1.87. The maximum absolute atomic E-state index is 5.56. The summed E-state index contributed by atoms with van der Waals surface area (Å²) in [6.45, 7) is 9.48. The Morgan fingerprint density at radius 3 is 2.58 bits per heavy atom. The summed E-state index contributed by atoms with van der Waals surface area (Å²) >= 11 is 0. The van der Waals surface area contributed by atoms with E-state index in [9.17, 15) is 0 Å². The maximum Gasteiger partial charge on any atom is 0.193 e. The van der Waals surface area contributed by atoms with E-state index in [1.54, 1.807) is 0 Å². The predicted octanol–water partition coefficient (Wildman–Crippen LogP) is 2.50. The van der Waals surface area contributed by atoms with Crippen molar-refractivity contribution >= 4 is 5.96 Å². The highest BCUT2D eigenvalue weighted by atomic mass is 16.5. The molecular formula is C15H31N3O. The number of likely N-dealkylation sites (tertiary alicyclic amines) is 1. The molecule has 1 aliphatic rings. The van der Waals surface area contributed by atoms with E-state index in [4.69, 9.17) is 4.74 Å². The Bertz CT molecular complexity index is 248. The first-order chi connectivity index (χ1) is 9.27. The second-order valence-corrected chi connectivity index (χ2v) is 5.46. The molecule has 0 radical (unpaired) electrons. The van der Waals surface area contributed by atoms with Crippen LogP contribution in [0.4, 0.5) is 0 Å². The van der Waals surface area contributed by atoms with Crippen LogP contribution in [0.15, 0.2) is 4.99 Å². The second kappa shape index (κ2) is 10.1. The average molecular weight is 269 g/mol. The van der Waals surface area contributed by atoms with Gasteiger partial charge in [-0.25, -0.2) is 0 Å². The number of hydrogen-bond acceptors (Lipinski definition) is 2. The zero-order valence-corrected chi connectivity index (χ0v) is 13.0. The lowest BCUT2D eigenvalue weighted by atomic mass is 10.00. The summed E-state index contributed by atoms with van der Waals surface area (Å²) in [4.78, 5) is 6.75. The molecule has 0 unspecified atom stereocenters. The zero-order chi connectivity index (χ0) is 13.9. The summed E-state index contributed by atoms with van der Waals surface area (Å²) in [5, 5.41) is 3.44. The minimum atomic E-state index is 0.848. The highest BCUT2D eigenvalue weighted by Crippen LogP contribution is 2.15. The van der Waals surface area contributed by atoms with Gasteiger partial charge < -0.3 is 15.0 Å². The normalized spacial score (nSPS) is 17.8. The van der Waals surface area contributed by atoms with E-state index in [0.717, 1.165) is 51.1 Å². The molecule has 1 heterocycles. The molecule has 0 amide bonds. The molecule has 19 heavy (non-hydrogen) atoms. The lowest BCUT2D eigenvalue weighted by molar-refractivity contribution is 0.129. The predicted molar refractivity (Wildman–Crippen MR) is 81.7 cm³/mol. The Morgan fingerprint density at radius 1 is 1.26 bits per heavy atom. The lowest BCUT2D eigenvalue weighted by Gasteiger charge is -2.32. The molecule has 1 aliphatic heterocycles. The number of hydrogen-bond donors (Lipinski definition) is 1. The van der Waals surface area contributed by atoms with E-state index in [-0.39, 0.29) is 0 Å². The van der Waals surface area contributed by atoms with Crippen LogP contribution < -0.4 is 5.32 Å². The van der Waals surface area contributed by atoms with Gasteiger partial charge in [0.05, 0.1) is 0 Å². The molecule has 0 aliphatic carbocycles. The van der Waals surface area contributed by atoms with Gasteiger partial charge in [-0.15, -0.1) is 0 Å². The van der Waals surface area contributed by atoms with Crippen molar-refractivity contribution in [1.82, 2.24) is 10.2 Å². The monoisotopic (exact) mass is 269 g/mol. The Kier molecular flexibility index (Phi) is 8.63. The van der Waals surface area contributed by atoms with Gasteiger partial charge in [-0.2, -0.15) is 0 Å². The Hall–Kier alpha value is -0.770. The van der Waals surface area contributed by atoms with Crippen molar-refractivity contribution in [1.29, 1.82) is 0 Å². The van der Waals surface area contributed by atoms with Crippen LogP contribution in [-0.4, -0.2) is 50.8 Å². The van der Waals surface area contributed by atoms with Crippen LogP contribution >= 0.6 is 0 Å². The number of rotatable bonds is 7. The standard InChI is InChI=1S/C15H31N3O/c1-4-5-12-19-13-6-9-17-15(16-3)18-10-7-14(2)8-11-18/h14H,4-13H2,1-3H3,(H,16,17). The molecule has 4 heteroatoms. The molecule has 0 atom stereocenters. The number of nitrogens with zero attached hydrogens (tertiary/aromatic N) is 2. The molecule has 1 N–H and O–H groups in total. The molecule has 0 aromatic heterocycles. The fourth-order valence-corrected chi connectivity index (χ4v) is 2.28.